The number of hydrogen-bond acceptors (Lipinski definition) is 3. The van der Waals surface area contributed by atoms with Crippen molar-refractivity contribution in [3.05, 3.63) is 204 Å². The Morgan fingerprint density at radius 2 is 0.839 bits per heavy atom. The van der Waals surface area contributed by atoms with E-state index in [1.807, 2.05) is 36.4 Å². The van der Waals surface area contributed by atoms with Crippen LogP contribution in [0.1, 0.15) is 22.3 Å². The predicted molar refractivity (Wildman–Crippen MR) is 228 cm³/mol. The van der Waals surface area contributed by atoms with Crippen LogP contribution in [0.25, 0.3) is 94.0 Å². The summed E-state index contributed by atoms with van der Waals surface area (Å²) >= 11 is 0. The Hall–Kier alpha value is -7.43. The van der Waals surface area contributed by atoms with Gasteiger partial charge in [0, 0.05) is 21.9 Å². The lowest BCUT2D eigenvalue weighted by atomic mass is 9.63. The van der Waals surface area contributed by atoms with Crippen molar-refractivity contribution in [1.29, 1.82) is 0 Å². The average molecular weight is 711 g/mol. The average Bonchev–Trinajstić information content (AvgIpc) is 3.78. The van der Waals surface area contributed by atoms with Gasteiger partial charge in [-0.2, -0.15) is 9.97 Å². The monoisotopic (exact) mass is 710 g/mol. The Bertz CT molecular complexity index is 3330. The molecule has 4 heteroatoms. The fourth-order valence-corrected chi connectivity index (χ4v) is 10.2. The van der Waals surface area contributed by atoms with Crippen LogP contribution in [-0.4, -0.2) is 19.5 Å². The molecule has 56 heavy (non-hydrogen) atoms. The van der Waals surface area contributed by atoms with E-state index in [0.29, 0.717) is 17.6 Å². The van der Waals surface area contributed by atoms with Crippen LogP contribution in [0.3, 0.4) is 0 Å². The lowest BCUT2D eigenvalue weighted by Gasteiger charge is -2.38. The largest absolute Gasteiger partial charge is 0.278 e. The second kappa shape index (κ2) is 10.8. The van der Waals surface area contributed by atoms with Crippen LogP contribution in [0.2, 0.25) is 0 Å². The summed E-state index contributed by atoms with van der Waals surface area (Å²) < 4.78 is 2.28. The zero-order chi connectivity index (χ0) is 36.5. The third kappa shape index (κ3) is 3.70. The number of fused-ring (bicyclic) bond motifs is 11. The lowest BCUT2D eigenvalue weighted by molar-refractivity contribution is 0.784. The van der Waals surface area contributed by atoms with Gasteiger partial charge < -0.3 is 0 Å². The highest BCUT2D eigenvalue weighted by molar-refractivity contribution is 6.27. The Labute approximate surface area is 322 Å². The van der Waals surface area contributed by atoms with Gasteiger partial charge in [0.2, 0.25) is 5.95 Å². The highest BCUT2D eigenvalue weighted by Gasteiger charge is 2.51. The maximum Gasteiger partial charge on any atom is 0.238 e. The summed E-state index contributed by atoms with van der Waals surface area (Å²) in [6.07, 6.45) is 0. The summed E-state index contributed by atoms with van der Waals surface area (Å²) in [5, 5.41) is 10.1. The van der Waals surface area contributed by atoms with E-state index in [4.69, 9.17) is 15.0 Å². The third-order valence-corrected chi connectivity index (χ3v) is 12.4. The first-order valence-corrected chi connectivity index (χ1v) is 19.2. The number of nitrogens with zero attached hydrogens (tertiary/aromatic N) is 4. The van der Waals surface area contributed by atoms with E-state index in [-0.39, 0.29) is 0 Å². The number of benzene rings is 9. The SMILES string of the molecule is c1ccc(-c2nc(-c3ccccc3)nc(-n3c4cccc5c4c4c6c(cccc6ccc43)C53c4ccc5ccccc5c4-c4c3ccc3ccccc43)n2)cc1. The van der Waals surface area contributed by atoms with Gasteiger partial charge in [-0.3, -0.25) is 4.57 Å². The molecular weight excluding hydrogens is 681 g/mol. The van der Waals surface area contributed by atoms with Gasteiger partial charge in [-0.1, -0.05) is 170 Å². The van der Waals surface area contributed by atoms with E-state index >= 15 is 0 Å². The maximum absolute atomic E-state index is 5.27. The molecule has 2 aromatic heterocycles. The fraction of sp³-hybridized carbons (Fsp3) is 0.0192. The van der Waals surface area contributed by atoms with Gasteiger partial charge >= 0.3 is 0 Å². The molecule has 9 aromatic carbocycles. The molecule has 0 amide bonds. The Balaban J connectivity index is 1.21. The second-order valence-corrected chi connectivity index (χ2v) is 15.1. The van der Waals surface area contributed by atoms with Gasteiger partial charge in [0.25, 0.3) is 0 Å². The van der Waals surface area contributed by atoms with E-state index in [1.165, 1.54) is 76.5 Å². The number of aromatic nitrogens is 4. The quantitative estimate of drug-likeness (QED) is 0.183. The molecule has 13 rings (SSSR count). The molecule has 0 aliphatic heterocycles. The van der Waals surface area contributed by atoms with Crippen LogP contribution in [-0.2, 0) is 5.41 Å². The minimum absolute atomic E-state index is 0.561. The Morgan fingerprint density at radius 1 is 0.339 bits per heavy atom. The van der Waals surface area contributed by atoms with Gasteiger partial charge in [0.15, 0.2) is 11.6 Å². The van der Waals surface area contributed by atoms with Crippen molar-refractivity contribution < 1.29 is 0 Å². The van der Waals surface area contributed by atoms with Crippen LogP contribution in [0.15, 0.2) is 182 Å². The van der Waals surface area contributed by atoms with Crippen molar-refractivity contribution in [2.24, 2.45) is 0 Å². The summed E-state index contributed by atoms with van der Waals surface area (Å²) in [5.41, 5.74) is 11.4. The first-order chi connectivity index (χ1) is 27.8. The van der Waals surface area contributed by atoms with E-state index in [2.05, 4.69) is 150 Å². The van der Waals surface area contributed by atoms with Crippen molar-refractivity contribution >= 4 is 54.1 Å². The molecule has 2 heterocycles. The van der Waals surface area contributed by atoms with E-state index in [1.54, 1.807) is 0 Å². The van der Waals surface area contributed by atoms with E-state index < -0.39 is 5.41 Å². The van der Waals surface area contributed by atoms with Crippen molar-refractivity contribution in [1.82, 2.24) is 19.5 Å². The topological polar surface area (TPSA) is 43.6 Å². The summed E-state index contributed by atoms with van der Waals surface area (Å²) in [5.74, 6) is 1.89. The predicted octanol–water partition coefficient (Wildman–Crippen LogP) is 12.4. The summed E-state index contributed by atoms with van der Waals surface area (Å²) in [4.78, 5) is 15.6. The van der Waals surface area contributed by atoms with Crippen molar-refractivity contribution in [2.75, 3.05) is 0 Å². The normalized spacial score (nSPS) is 13.5. The standard InChI is InChI=1S/C52H30N4/c1-3-15-34(16-4-1)49-53-50(35-17-5-2-6-18-35)55-51(54-49)56-42-24-12-23-39-47(42)48-43(56)30-27-33-19-11-22-38(44(33)48)52(39)40-28-25-31-13-7-9-20-36(31)45(40)46-37-21-10-8-14-32(37)26-29-41(46)52/h1-30H. The molecule has 11 aromatic rings. The highest BCUT2D eigenvalue weighted by Crippen LogP contribution is 2.64. The van der Waals surface area contributed by atoms with Crippen molar-refractivity contribution in [2.45, 2.75) is 5.41 Å². The molecule has 0 saturated heterocycles. The molecule has 0 bridgehead atoms. The van der Waals surface area contributed by atoms with Gasteiger partial charge in [-0.05, 0) is 77.8 Å². The van der Waals surface area contributed by atoms with E-state index in [9.17, 15) is 0 Å². The fourth-order valence-electron chi connectivity index (χ4n) is 10.2. The second-order valence-electron chi connectivity index (χ2n) is 15.1. The molecule has 2 aliphatic carbocycles. The first kappa shape index (κ1) is 30.0. The first-order valence-electron chi connectivity index (χ1n) is 19.2. The molecule has 0 fully saturated rings. The Kier molecular flexibility index (Phi) is 5.80. The van der Waals surface area contributed by atoms with Crippen LogP contribution < -0.4 is 0 Å². The molecule has 1 spiro atoms. The van der Waals surface area contributed by atoms with Gasteiger partial charge in [0.05, 0.1) is 16.4 Å². The third-order valence-electron chi connectivity index (χ3n) is 12.4. The lowest BCUT2D eigenvalue weighted by Crippen LogP contribution is -2.30. The smallest absolute Gasteiger partial charge is 0.238 e. The number of rotatable bonds is 3. The maximum atomic E-state index is 5.27. The zero-order valence-electron chi connectivity index (χ0n) is 30.1. The molecule has 0 radical (unpaired) electrons. The van der Waals surface area contributed by atoms with Crippen LogP contribution >= 0.6 is 0 Å². The minimum atomic E-state index is -0.561. The van der Waals surface area contributed by atoms with E-state index in [0.717, 1.165) is 22.2 Å². The summed E-state index contributed by atoms with van der Waals surface area (Å²) in [7, 11) is 0. The highest BCUT2D eigenvalue weighted by atomic mass is 15.2. The van der Waals surface area contributed by atoms with Crippen molar-refractivity contribution in [3.8, 4) is 39.9 Å². The van der Waals surface area contributed by atoms with Crippen LogP contribution in [0, 0.1) is 0 Å². The van der Waals surface area contributed by atoms with Gasteiger partial charge in [-0.25, -0.2) is 4.98 Å². The summed E-state index contributed by atoms with van der Waals surface area (Å²) in [6.45, 7) is 0. The Morgan fingerprint density at radius 3 is 1.46 bits per heavy atom. The molecule has 0 atom stereocenters. The molecule has 2 aliphatic rings. The van der Waals surface area contributed by atoms with Gasteiger partial charge in [0.1, 0.15) is 0 Å². The molecule has 0 saturated carbocycles. The molecule has 0 N–H and O–H groups in total. The zero-order valence-corrected chi connectivity index (χ0v) is 30.1. The minimum Gasteiger partial charge on any atom is -0.278 e. The van der Waals surface area contributed by atoms with Crippen LogP contribution in [0.4, 0.5) is 0 Å². The van der Waals surface area contributed by atoms with Gasteiger partial charge in [-0.15, -0.1) is 0 Å². The molecule has 0 unspecified atom stereocenters. The molecule has 258 valence electrons. The molecular formula is C52H30N4. The summed E-state index contributed by atoms with van der Waals surface area (Å²) in [6, 6.07) is 66.0. The molecule has 4 nitrogen and oxygen atoms in total. The number of hydrogen-bond donors (Lipinski definition) is 0. The van der Waals surface area contributed by atoms with Crippen LogP contribution in [0.5, 0.6) is 0 Å². The van der Waals surface area contributed by atoms with Crippen molar-refractivity contribution in [3.63, 3.8) is 0 Å².